The van der Waals surface area contributed by atoms with Crippen LogP contribution in [0.1, 0.15) is 46.1 Å². The van der Waals surface area contributed by atoms with E-state index in [9.17, 15) is 0 Å². The Morgan fingerprint density at radius 1 is 1.24 bits per heavy atom. The Labute approximate surface area is 129 Å². The number of nitrogens with one attached hydrogen (secondary N) is 2. The molecule has 4 nitrogen and oxygen atoms in total. The summed E-state index contributed by atoms with van der Waals surface area (Å²) in [6.45, 7) is 10.8. The average molecular weight is 291 g/mol. The van der Waals surface area contributed by atoms with Crippen LogP contribution in [0.25, 0.3) is 0 Å². The minimum Gasteiger partial charge on any atom is -0.491 e. The van der Waals surface area contributed by atoms with E-state index in [1.165, 1.54) is 6.42 Å². The Morgan fingerprint density at radius 3 is 2.71 bits per heavy atom. The third kappa shape index (κ3) is 7.59. The van der Waals surface area contributed by atoms with Gasteiger partial charge in [-0.05, 0) is 44.9 Å². The monoisotopic (exact) mass is 291 g/mol. The fourth-order valence-corrected chi connectivity index (χ4v) is 1.88. The first kappa shape index (κ1) is 17.3. The molecule has 0 aliphatic carbocycles. The molecule has 0 aliphatic rings. The van der Waals surface area contributed by atoms with E-state index in [0.29, 0.717) is 6.54 Å². The summed E-state index contributed by atoms with van der Waals surface area (Å²) in [4.78, 5) is 4.61. The Morgan fingerprint density at radius 2 is 2.05 bits per heavy atom. The van der Waals surface area contributed by atoms with Gasteiger partial charge < -0.3 is 15.4 Å². The molecule has 2 N–H and O–H groups in total. The number of nitrogens with zero attached hydrogens (tertiary/aromatic N) is 1. The number of benzene rings is 1. The first-order valence-electron chi connectivity index (χ1n) is 7.93. The van der Waals surface area contributed by atoms with Crippen LogP contribution in [0.5, 0.6) is 5.75 Å². The topological polar surface area (TPSA) is 45.7 Å². The number of ether oxygens (including phenoxy) is 1. The third-order valence-corrected chi connectivity index (χ3v) is 2.86. The molecule has 0 saturated carbocycles. The Kier molecular flexibility index (Phi) is 8.32. The second-order valence-electron chi connectivity index (χ2n) is 5.29. The summed E-state index contributed by atoms with van der Waals surface area (Å²) in [5.74, 6) is 1.78. The summed E-state index contributed by atoms with van der Waals surface area (Å²) in [6, 6.07) is 8.13. The second kappa shape index (κ2) is 10.1. The highest BCUT2D eigenvalue weighted by Crippen LogP contribution is 2.15. The third-order valence-electron chi connectivity index (χ3n) is 2.86. The quantitative estimate of drug-likeness (QED) is 0.439. The van der Waals surface area contributed by atoms with E-state index < -0.39 is 0 Å². The molecule has 0 atom stereocenters. The zero-order valence-corrected chi connectivity index (χ0v) is 13.8. The van der Waals surface area contributed by atoms with E-state index in [1.807, 2.05) is 26.0 Å². The van der Waals surface area contributed by atoms with Crippen LogP contribution in [0, 0.1) is 0 Å². The van der Waals surface area contributed by atoms with Crippen molar-refractivity contribution >= 4 is 5.96 Å². The Bertz CT molecular complexity index is 430. The van der Waals surface area contributed by atoms with Gasteiger partial charge in [-0.3, -0.25) is 0 Å². The van der Waals surface area contributed by atoms with Crippen molar-refractivity contribution in [2.75, 3.05) is 13.1 Å². The van der Waals surface area contributed by atoms with Crippen LogP contribution in [-0.2, 0) is 6.54 Å². The van der Waals surface area contributed by atoms with Crippen molar-refractivity contribution < 1.29 is 4.74 Å². The molecule has 0 spiro atoms. The highest BCUT2D eigenvalue weighted by Gasteiger charge is 2.00. The van der Waals surface area contributed by atoms with Crippen molar-refractivity contribution in [1.82, 2.24) is 10.6 Å². The molecule has 0 saturated heterocycles. The minimum absolute atomic E-state index is 0.191. The maximum atomic E-state index is 5.71. The molecule has 0 fully saturated rings. The number of hydrogen-bond donors (Lipinski definition) is 2. The number of rotatable bonds is 8. The summed E-state index contributed by atoms with van der Waals surface area (Å²) < 4.78 is 5.71. The highest BCUT2D eigenvalue weighted by atomic mass is 16.5. The summed E-state index contributed by atoms with van der Waals surface area (Å²) in [7, 11) is 0. The van der Waals surface area contributed by atoms with Gasteiger partial charge in [0, 0.05) is 13.1 Å². The Hall–Kier alpha value is -1.71. The number of aliphatic imine (C=N–C) groups is 1. The number of hydrogen-bond acceptors (Lipinski definition) is 2. The lowest BCUT2D eigenvalue weighted by molar-refractivity contribution is 0.242. The lowest BCUT2D eigenvalue weighted by Gasteiger charge is -2.12. The number of guanidine groups is 1. The van der Waals surface area contributed by atoms with Gasteiger partial charge in [0.05, 0.1) is 12.6 Å². The van der Waals surface area contributed by atoms with Gasteiger partial charge in [0.1, 0.15) is 5.75 Å². The van der Waals surface area contributed by atoms with Crippen molar-refractivity contribution in [3.05, 3.63) is 29.8 Å². The lowest BCUT2D eigenvalue weighted by Crippen LogP contribution is -2.37. The van der Waals surface area contributed by atoms with Crippen molar-refractivity contribution in [3.8, 4) is 5.75 Å². The Balaban J connectivity index is 2.61. The van der Waals surface area contributed by atoms with Gasteiger partial charge in [-0.2, -0.15) is 0 Å². The summed E-state index contributed by atoms with van der Waals surface area (Å²) in [6.07, 6.45) is 2.53. The molecule has 1 rings (SSSR count). The van der Waals surface area contributed by atoms with Crippen LogP contribution in [0.3, 0.4) is 0 Å². The van der Waals surface area contributed by atoms with Crippen LogP contribution >= 0.6 is 0 Å². The first-order valence-corrected chi connectivity index (χ1v) is 7.93. The van der Waals surface area contributed by atoms with Crippen LogP contribution in [-0.4, -0.2) is 25.2 Å². The molecule has 21 heavy (non-hydrogen) atoms. The molecule has 1 aromatic carbocycles. The van der Waals surface area contributed by atoms with Crippen LogP contribution in [0.15, 0.2) is 29.3 Å². The van der Waals surface area contributed by atoms with Gasteiger partial charge in [-0.1, -0.05) is 25.5 Å². The van der Waals surface area contributed by atoms with Crippen LogP contribution in [0.2, 0.25) is 0 Å². The van der Waals surface area contributed by atoms with Gasteiger partial charge in [-0.25, -0.2) is 4.99 Å². The molecular formula is C17H29N3O. The summed E-state index contributed by atoms with van der Waals surface area (Å²) in [5, 5.41) is 6.61. The van der Waals surface area contributed by atoms with Crippen molar-refractivity contribution in [3.63, 3.8) is 0 Å². The summed E-state index contributed by atoms with van der Waals surface area (Å²) >= 11 is 0. The zero-order chi connectivity index (χ0) is 15.5. The normalized spacial score (nSPS) is 11.6. The van der Waals surface area contributed by atoms with Crippen LogP contribution < -0.4 is 15.4 Å². The molecule has 0 bridgehead atoms. The molecular weight excluding hydrogens is 262 g/mol. The molecule has 4 heteroatoms. The SMILES string of the molecule is CCCCNC(=NCc1cccc(OC(C)C)c1)NCC. The fourth-order valence-electron chi connectivity index (χ4n) is 1.88. The smallest absolute Gasteiger partial charge is 0.191 e. The molecule has 0 aromatic heterocycles. The molecule has 118 valence electrons. The summed E-state index contributed by atoms with van der Waals surface area (Å²) in [5.41, 5.74) is 1.15. The molecule has 0 unspecified atom stereocenters. The van der Waals surface area contributed by atoms with E-state index in [1.54, 1.807) is 0 Å². The van der Waals surface area contributed by atoms with Crippen LogP contribution in [0.4, 0.5) is 0 Å². The molecule has 0 radical (unpaired) electrons. The van der Waals surface area contributed by atoms with E-state index in [0.717, 1.165) is 36.8 Å². The second-order valence-corrected chi connectivity index (χ2v) is 5.29. The van der Waals surface area contributed by atoms with Gasteiger partial charge in [0.25, 0.3) is 0 Å². The molecule has 0 heterocycles. The largest absolute Gasteiger partial charge is 0.491 e. The first-order chi connectivity index (χ1) is 10.2. The highest BCUT2D eigenvalue weighted by molar-refractivity contribution is 5.79. The standard InChI is InChI=1S/C17H29N3O/c1-5-7-11-19-17(18-6-2)20-13-15-9-8-10-16(12-15)21-14(3)4/h8-10,12,14H,5-7,11,13H2,1-4H3,(H2,18,19,20). The van der Waals surface area contributed by atoms with Gasteiger partial charge >= 0.3 is 0 Å². The maximum absolute atomic E-state index is 5.71. The molecule has 0 aliphatic heterocycles. The average Bonchev–Trinajstić information content (AvgIpc) is 2.44. The lowest BCUT2D eigenvalue weighted by atomic mass is 10.2. The fraction of sp³-hybridized carbons (Fsp3) is 0.588. The van der Waals surface area contributed by atoms with Gasteiger partial charge in [0.2, 0.25) is 0 Å². The van der Waals surface area contributed by atoms with Gasteiger partial charge in [-0.15, -0.1) is 0 Å². The number of unbranched alkanes of at least 4 members (excludes halogenated alkanes) is 1. The maximum Gasteiger partial charge on any atom is 0.191 e. The van der Waals surface area contributed by atoms with E-state index in [2.05, 4.69) is 41.6 Å². The van der Waals surface area contributed by atoms with E-state index >= 15 is 0 Å². The van der Waals surface area contributed by atoms with E-state index in [-0.39, 0.29) is 6.10 Å². The van der Waals surface area contributed by atoms with Crippen molar-refractivity contribution in [2.45, 2.75) is 53.2 Å². The van der Waals surface area contributed by atoms with Gasteiger partial charge in [0.15, 0.2) is 5.96 Å². The predicted molar refractivity (Wildman–Crippen MR) is 89.9 cm³/mol. The zero-order valence-electron chi connectivity index (χ0n) is 13.8. The van der Waals surface area contributed by atoms with E-state index in [4.69, 9.17) is 4.74 Å². The van der Waals surface area contributed by atoms with Crippen molar-refractivity contribution in [1.29, 1.82) is 0 Å². The van der Waals surface area contributed by atoms with Crippen molar-refractivity contribution in [2.24, 2.45) is 4.99 Å². The molecule has 0 amide bonds. The minimum atomic E-state index is 0.191. The molecule has 1 aromatic rings. The predicted octanol–water partition coefficient (Wildman–Crippen LogP) is 3.33.